The number of nitrogens with one attached hydrogen (secondary N) is 2. The molecule has 1 aromatic carbocycles. The lowest BCUT2D eigenvalue weighted by Gasteiger charge is -2.31. The Labute approximate surface area is 155 Å². The number of piperidine rings is 1. The van der Waals surface area contributed by atoms with Crippen LogP contribution >= 0.6 is 24.0 Å². The number of halogens is 2. The summed E-state index contributed by atoms with van der Waals surface area (Å²) in [6, 6.07) is 5.20. The monoisotopic (exact) mass is 375 g/mol. The van der Waals surface area contributed by atoms with E-state index >= 15 is 0 Å². The summed E-state index contributed by atoms with van der Waals surface area (Å²) in [7, 11) is 1.58. The fourth-order valence-electron chi connectivity index (χ4n) is 2.87. The first-order valence-corrected chi connectivity index (χ1v) is 8.56. The van der Waals surface area contributed by atoms with Crippen LogP contribution in [0.4, 0.5) is 5.69 Å². The predicted octanol–water partition coefficient (Wildman–Crippen LogP) is 3.03. The molecule has 2 rings (SSSR count). The van der Waals surface area contributed by atoms with Crippen LogP contribution in [-0.2, 0) is 4.79 Å². The first-order chi connectivity index (χ1) is 11.1. The number of methoxy groups -OCH3 is 1. The largest absolute Gasteiger partial charge is 0.495 e. The highest BCUT2D eigenvalue weighted by Crippen LogP contribution is 2.27. The third kappa shape index (κ3) is 6.48. The molecule has 1 aromatic rings. The number of ether oxygens (including phenoxy) is 1. The zero-order chi connectivity index (χ0) is 16.7. The van der Waals surface area contributed by atoms with E-state index in [-0.39, 0.29) is 18.3 Å². The first-order valence-electron chi connectivity index (χ1n) is 8.18. The van der Waals surface area contributed by atoms with Crippen molar-refractivity contribution in [2.45, 2.75) is 19.8 Å². The molecule has 1 fully saturated rings. The number of anilines is 1. The van der Waals surface area contributed by atoms with E-state index in [1.807, 2.05) is 0 Å². The molecule has 1 heterocycles. The molecule has 136 valence electrons. The number of hydrogen-bond acceptors (Lipinski definition) is 4. The van der Waals surface area contributed by atoms with Crippen LogP contribution in [0.15, 0.2) is 18.2 Å². The minimum atomic E-state index is -0.0318. The Kier molecular flexibility index (Phi) is 9.44. The fourth-order valence-corrected chi connectivity index (χ4v) is 3.04. The third-order valence-corrected chi connectivity index (χ3v) is 4.43. The van der Waals surface area contributed by atoms with Crippen LogP contribution in [0, 0.1) is 5.92 Å². The second-order valence-electron chi connectivity index (χ2n) is 5.92. The van der Waals surface area contributed by atoms with E-state index in [4.69, 9.17) is 16.3 Å². The van der Waals surface area contributed by atoms with Gasteiger partial charge in [-0.05, 0) is 63.1 Å². The van der Waals surface area contributed by atoms with Crippen LogP contribution in [0.5, 0.6) is 5.75 Å². The molecule has 5 nitrogen and oxygen atoms in total. The third-order valence-electron chi connectivity index (χ3n) is 4.19. The van der Waals surface area contributed by atoms with E-state index in [2.05, 4.69) is 22.5 Å². The molecule has 1 aliphatic rings. The summed E-state index contributed by atoms with van der Waals surface area (Å²) in [6.45, 7) is 6.57. The number of benzene rings is 1. The average molecular weight is 376 g/mol. The summed E-state index contributed by atoms with van der Waals surface area (Å²) in [5.41, 5.74) is 0.618. The van der Waals surface area contributed by atoms with Crippen molar-refractivity contribution >= 4 is 35.6 Å². The number of likely N-dealkylation sites (tertiary alicyclic amines) is 1. The topological polar surface area (TPSA) is 53.6 Å². The maximum atomic E-state index is 12.2. The van der Waals surface area contributed by atoms with Crippen LogP contribution in [0.3, 0.4) is 0 Å². The average Bonchev–Trinajstić information content (AvgIpc) is 2.54. The molecule has 1 aliphatic heterocycles. The number of nitrogens with zero attached hydrogens (tertiary/aromatic N) is 1. The predicted molar refractivity (Wildman–Crippen MR) is 102 cm³/mol. The van der Waals surface area contributed by atoms with Crippen LogP contribution in [0.1, 0.15) is 19.8 Å². The molecule has 1 amide bonds. The van der Waals surface area contributed by atoms with Gasteiger partial charge in [0.1, 0.15) is 5.75 Å². The standard InChI is InChI=1S/C17H26ClN3O2.ClH/c1-3-19-11-13-6-8-21(9-7-13)12-17(22)20-15-10-14(18)4-5-16(15)23-2;/h4-5,10,13,19H,3,6-9,11-12H2,1-2H3,(H,20,22);1H. The van der Waals surface area contributed by atoms with Gasteiger partial charge in [0.2, 0.25) is 5.91 Å². The normalized spacial score (nSPS) is 15.6. The molecule has 2 N–H and O–H groups in total. The molecule has 24 heavy (non-hydrogen) atoms. The van der Waals surface area contributed by atoms with Gasteiger partial charge in [0.15, 0.2) is 0 Å². The molecule has 0 saturated carbocycles. The Morgan fingerprint density at radius 1 is 1.38 bits per heavy atom. The lowest BCUT2D eigenvalue weighted by molar-refractivity contribution is -0.117. The summed E-state index contributed by atoms with van der Waals surface area (Å²) in [6.07, 6.45) is 2.28. The molecule has 0 aliphatic carbocycles. The molecule has 0 spiro atoms. The lowest BCUT2D eigenvalue weighted by atomic mass is 9.97. The van der Waals surface area contributed by atoms with Crippen LogP contribution < -0.4 is 15.4 Å². The maximum Gasteiger partial charge on any atom is 0.238 e. The van der Waals surface area contributed by atoms with Gasteiger partial charge >= 0.3 is 0 Å². The van der Waals surface area contributed by atoms with Gasteiger partial charge < -0.3 is 15.4 Å². The Balaban J connectivity index is 0.00000288. The second kappa shape index (κ2) is 10.8. The highest BCUT2D eigenvalue weighted by atomic mass is 35.5. The Bertz CT molecular complexity index is 521. The van der Waals surface area contributed by atoms with Crippen molar-refractivity contribution in [3.63, 3.8) is 0 Å². The van der Waals surface area contributed by atoms with E-state index in [0.29, 0.717) is 23.0 Å². The molecule has 0 bridgehead atoms. The molecule has 1 saturated heterocycles. The minimum Gasteiger partial charge on any atom is -0.495 e. The molecule has 0 radical (unpaired) electrons. The van der Waals surface area contributed by atoms with Gasteiger partial charge in [-0.1, -0.05) is 18.5 Å². The van der Waals surface area contributed by atoms with Crippen molar-refractivity contribution in [3.8, 4) is 5.75 Å². The van der Waals surface area contributed by atoms with Crippen LogP contribution in [-0.4, -0.2) is 50.6 Å². The SMILES string of the molecule is CCNCC1CCN(CC(=O)Nc2cc(Cl)ccc2OC)CC1.Cl. The van der Waals surface area contributed by atoms with Crippen LogP contribution in [0.25, 0.3) is 0 Å². The van der Waals surface area contributed by atoms with E-state index in [0.717, 1.165) is 44.9 Å². The molecule has 0 unspecified atom stereocenters. The van der Waals surface area contributed by atoms with Crippen molar-refractivity contribution in [1.29, 1.82) is 0 Å². The lowest BCUT2D eigenvalue weighted by Crippen LogP contribution is -2.41. The number of rotatable bonds is 7. The van der Waals surface area contributed by atoms with Crippen molar-refractivity contribution < 1.29 is 9.53 Å². The van der Waals surface area contributed by atoms with Gasteiger partial charge in [-0.2, -0.15) is 0 Å². The summed E-state index contributed by atoms with van der Waals surface area (Å²) in [4.78, 5) is 14.5. The van der Waals surface area contributed by atoms with Gasteiger partial charge in [-0.3, -0.25) is 9.69 Å². The molecule has 0 atom stereocenters. The van der Waals surface area contributed by atoms with Crippen molar-refractivity contribution in [2.75, 3.05) is 45.2 Å². The summed E-state index contributed by atoms with van der Waals surface area (Å²) >= 11 is 5.98. The summed E-state index contributed by atoms with van der Waals surface area (Å²) in [5.74, 6) is 1.31. The zero-order valence-corrected chi connectivity index (χ0v) is 15.9. The van der Waals surface area contributed by atoms with E-state index in [9.17, 15) is 4.79 Å². The van der Waals surface area contributed by atoms with Gasteiger partial charge in [-0.25, -0.2) is 0 Å². The Morgan fingerprint density at radius 2 is 2.08 bits per heavy atom. The number of hydrogen-bond donors (Lipinski definition) is 2. The quantitative estimate of drug-likeness (QED) is 0.768. The molecule has 7 heteroatoms. The fraction of sp³-hybridized carbons (Fsp3) is 0.588. The highest BCUT2D eigenvalue weighted by molar-refractivity contribution is 6.31. The van der Waals surface area contributed by atoms with E-state index in [1.165, 1.54) is 0 Å². The van der Waals surface area contributed by atoms with Gasteiger partial charge in [0.25, 0.3) is 0 Å². The van der Waals surface area contributed by atoms with Gasteiger partial charge in [-0.15, -0.1) is 12.4 Å². The molecular formula is C17H27Cl2N3O2. The minimum absolute atomic E-state index is 0. The number of carbonyl (C=O) groups is 1. The smallest absolute Gasteiger partial charge is 0.238 e. The first kappa shape index (κ1) is 21.0. The highest BCUT2D eigenvalue weighted by Gasteiger charge is 2.20. The van der Waals surface area contributed by atoms with Crippen molar-refractivity contribution in [3.05, 3.63) is 23.2 Å². The number of amides is 1. The maximum absolute atomic E-state index is 12.2. The number of carbonyl (C=O) groups excluding carboxylic acids is 1. The summed E-state index contributed by atoms with van der Waals surface area (Å²) in [5, 5.41) is 6.87. The Hall–Kier alpha value is -1.01. The van der Waals surface area contributed by atoms with E-state index in [1.54, 1.807) is 25.3 Å². The van der Waals surface area contributed by atoms with Gasteiger partial charge in [0, 0.05) is 5.02 Å². The Morgan fingerprint density at radius 3 is 2.71 bits per heavy atom. The van der Waals surface area contributed by atoms with Crippen molar-refractivity contribution in [1.82, 2.24) is 10.2 Å². The molecule has 0 aromatic heterocycles. The van der Waals surface area contributed by atoms with Crippen molar-refractivity contribution in [2.24, 2.45) is 5.92 Å². The van der Waals surface area contributed by atoms with E-state index < -0.39 is 0 Å². The summed E-state index contributed by atoms with van der Waals surface area (Å²) < 4.78 is 5.25. The van der Waals surface area contributed by atoms with Gasteiger partial charge in [0.05, 0.1) is 19.3 Å². The van der Waals surface area contributed by atoms with Crippen LogP contribution in [0.2, 0.25) is 5.02 Å². The second-order valence-corrected chi connectivity index (χ2v) is 6.36. The molecular weight excluding hydrogens is 349 g/mol. The zero-order valence-electron chi connectivity index (χ0n) is 14.3.